The first-order valence-corrected chi connectivity index (χ1v) is 18.6. The SMILES string of the molecule is C=P(c1ccccc1)(c1ccccc1)c1ccc(-c2ccc(P(=C)(c3ccccc3)c3ccccc3)cc2C(F)(F)F)c(C)c1. The van der Waals surface area contributed by atoms with Crippen molar-refractivity contribution in [3.05, 3.63) is 169 Å². The Kier molecular flexibility index (Phi) is 8.36. The Morgan fingerprint density at radius 1 is 0.422 bits per heavy atom. The van der Waals surface area contributed by atoms with Crippen molar-refractivity contribution in [2.45, 2.75) is 13.1 Å². The molecule has 6 aromatic rings. The van der Waals surface area contributed by atoms with Crippen LogP contribution in [0.25, 0.3) is 11.1 Å². The zero-order valence-electron chi connectivity index (χ0n) is 25.0. The quantitative estimate of drug-likeness (QED) is 0.156. The van der Waals surface area contributed by atoms with Gasteiger partial charge in [-0.25, -0.2) is 0 Å². The van der Waals surface area contributed by atoms with Crippen LogP contribution in [0, 0.1) is 6.92 Å². The highest BCUT2D eigenvalue weighted by molar-refractivity contribution is 7.93. The van der Waals surface area contributed by atoms with Crippen LogP contribution in [0.1, 0.15) is 11.1 Å². The Hall–Kier alpha value is -4.29. The Morgan fingerprint density at radius 2 is 0.756 bits per heavy atom. The van der Waals surface area contributed by atoms with Gasteiger partial charge in [0, 0.05) is 0 Å². The molecule has 0 fully saturated rings. The molecule has 0 unspecified atom stereocenters. The van der Waals surface area contributed by atoms with Gasteiger partial charge in [-0.05, 0) is 75.3 Å². The second-order valence-corrected chi connectivity index (χ2v) is 17.5. The highest BCUT2D eigenvalue weighted by Gasteiger charge is 2.36. The number of aryl methyl sites for hydroxylation is 1. The smallest absolute Gasteiger partial charge is 0.166 e. The summed E-state index contributed by atoms with van der Waals surface area (Å²) in [6, 6.07) is 50.3. The highest BCUT2D eigenvalue weighted by Crippen LogP contribution is 2.46. The summed E-state index contributed by atoms with van der Waals surface area (Å²) in [6.45, 7) is -2.99. The maximum Gasteiger partial charge on any atom is 0.417 e. The fourth-order valence-corrected chi connectivity index (χ4v) is 12.0. The summed E-state index contributed by atoms with van der Waals surface area (Å²) < 4.78 is 44.8. The summed E-state index contributed by atoms with van der Waals surface area (Å²) >= 11 is 0. The molecule has 224 valence electrons. The van der Waals surface area contributed by atoms with E-state index in [-0.39, 0.29) is 5.56 Å². The summed E-state index contributed by atoms with van der Waals surface area (Å²) in [7, 11) is 0. The molecule has 0 saturated heterocycles. The summed E-state index contributed by atoms with van der Waals surface area (Å²) in [6.07, 6.45) is 4.90. The molecule has 0 atom stereocenters. The molecule has 0 heterocycles. The lowest BCUT2D eigenvalue weighted by atomic mass is 9.96. The van der Waals surface area contributed by atoms with Crippen molar-refractivity contribution < 1.29 is 13.2 Å². The van der Waals surface area contributed by atoms with Gasteiger partial charge in [0.05, 0.1) is 5.56 Å². The van der Waals surface area contributed by atoms with Crippen molar-refractivity contribution in [1.29, 1.82) is 0 Å². The molecule has 0 aromatic heterocycles. The zero-order valence-corrected chi connectivity index (χ0v) is 26.7. The minimum atomic E-state index is -4.56. The lowest BCUT2D eigenvalue weighted by Gasteiger charge is -2.29. The maximum atomic E-state index is 14.9. The Balaban J connectivity index is 1.52. The molecule has 0 amide bonds. The molecule has 0 aliphatic rings. The number of hydrogen-bond donors (Lipinski definition) is 0. The van der Waals surface area contributed by atoms with Crippen LogP contribution in [0.15, 0.2) is 158 Å². The number of rotatable bonds is 7. The number of halogens is 3. The predicted octanol–water partition coefficient (Wildman–Crippen LogP) is 8.13. The molecule has 0 bridgehead atoms. The van der Waals surface area contributed by atoms with Gasteiger partial charge in [-0.2, -0.15) is 13.2 Å². The Bertz CT molecular complexity index is 1950. The maximum absolute atomic E-state index is 14.9. The predicted molar refractivity (Wildman–Crippen MR) is 193 cm³/mol. The van der Waals surface area contributed by atoms with Gasteiger partial charge >= 0.3 is 6.18 Å². The van der Waals surface area contributed by atoms with Crippen molar-refractivity contribution >= 4 is 58.2 Å². The molecular weight excluding hydrogens is 599 g/mol. The van der Waals surface area contributed by atoms with E-state index in [1.54, 1.807) is 6.07 Å². The second-order valence-electron chi connectivity index (χ2n) is 11.2. The average molecular weight is 633 g/mol. The Labute approximate surface area is 263 Å². The fraction of sp³-hybridized carbons (Fsp3) is 0.0500. The van der Waals surface area contributed by atoms with E-state index in [1.807, 2.05) is 128 Å². The lowest BCUT2D eigenvalue weighted by Crippen LogP contribution is -2.27. The summed E-state index contributed by atoms with van der Waals surface area (Å²) in [4.78, 5) is 0. The van der Waals surface area contributed by atoms with Gasteiger partial charge in [0.25, 0.3) is 0 Å². The van der Waals surface area contributed by atoms with Gasteiger partial charge in [-0.3, -0.25) is 0 Å². The first-order valence-electron chi connectivity index (χ1n) is 14.7. The van der Waals surface area contributed by atoms with Crippen LogP contribution < -0.4 is 31.8 Å². The van der Waals surface area contributed by atoms with Crippen molar-refractivity contribution in [2.75, 3.05) is 0 Å². The third-order valence-corrected chi connectivity index (χ3v) is 15.5. The molecule has 0 N–H and O–H groups in total. The monoisotopic (exact) mass is 632 g/mol. The molecular formula is C40H33F3P2. The van der Waals surface area contributed by atoms with E-state index in [9.17, 15) is 13.2 Å². The molecule has 0 aliphatic carbocycles. The van der Waals surface area contributed by atoms with Crippen LogP contribution in [-0.4, -0.2) is 12.6 Å². The van der Waals surface area contributed by atoms with E-state index >= 15 is 0 Å². The average Bonchev–Trinajstić information content (AvgIpc) is 3.08. The van der Waals surface area contributed by atoms with E-state index in [0.717, 1.165) is 32.1 Å². The molecule has 0 radical (unpaired) electrons. The lowest BCUT2D eigenvalue weighted by molar-refractivity contribution is -0.137. The van der Waals surface area contributed by atoms with Crippen molar-refractivity contribution in [1.82, 2.24) is 0 Å². The second kappa shape index (κ2) is 12.2. The van der Waals surface area contributed by atoms with Gasteiger partial charge in [0.1, 0.15) is 0 Å². The molecule has 6 aromatic carbocycles. The first-order chi connectivity index (χ1) is 21.6. The number of benzene rings is 6. The van der Waals surface area contributed by atoms with Gasteiger partial charge in [0.15, 0.2) is 0 Å². The number of alkyl halides is 3. The van der Waals surface area contributed by atoms with E-state index < -0.39 is 25.5 Å². The minimum Gasteiger partial charge on any atom is -0.166 e. The van der Waals surface area contributed by atoms with Gasteiger partial charge in [0.2, 0.25) is 0 Å². The molecule has 5 heteroatoms. The third-order valence-electron chi connectivity index (χ3n) is 8.48. The first kappa shape index (κ1) is 30.7. The van der Waals surface area contributed by atoms with Crippen LogP contribution in [-0.2, 0) is 6.18 Å². The summed E-state index contributed by atoms with van der Waals surface area (Å²) in [5.74, 6) is 0. The molecule has 45 heavy (non-hydrogen) atoms. The van der Waals surface area contributed by atoms with Crippen molar-refractivity contribution in [2.24, 2.45) is 0 Å². The normalized spacial score (nSPS) is 12.2. The van der Waals surface area contributed by atoms with Gasteiger partial charge in [-0.1, -0.05) is 164 Å². The topological polar surface area (TPSA) is 0 Å². The standard InChI is InChI=1S/C40H33F3P2/c1-30-28-35(44(2,31-16-8-4-9-17-31)32-18-10-5-11-19-32)24-26-37(30)38-27-25-36(29-39(38)40(41,42)43)45(3,33-20-12-6-13-21-33)34-22-14-7-15-23-34/h4-29H,2-3H2,1H3. The van der Waals surface area contributed by atoms with Crippen molar-refractivity contribution in [3.63, 3.8) is 0 Å². The van der Waals surface area contributed by atoms with Crippen LogP contribution in [0.4, 0.5) is 13.2 Å². The van der Waals surface area contributed by atoms with Crippen LogP contribution >= 0.6 is 13.8 Å². The highest BCUT2D eigenvalue weighted by atomic mass is 31.2. The van der Waals surface area contributed by atoms with E-state index in [2.05, 4.69) is 30.6 Å². The summed E-state index contributed by atoms with van der Waals surface area (Å²) in [5, 5.41) is 5.68. The molecule has 0 nitrogen and oxygen atoms in total. The van der Waals surface area contributed by atoms with E-state index in [4.69, 9.17) is 6.30 Å². The van der Waals surface area contributed by atoms with Crippen LogP contribution in [0.2, 0.25) is 0 Å². The molecule has 0 spiro atoms. The van der Waals surface area contributed by atoms with Gasteiger partial charge < -0.3 is 0 Å². The minimum absolute atomic E-state index is 0.162. The van der Waals surface area contributed by atoms with Crippen molar-refractivity contribution in [3.8, 4) is 11.1 Å². The molecule has 0 saturated carbocycles. The molecule has 0 aliphatic heterocycles. The van der Waals surface area contributed by atoms with Gasteiger partial charge in [-0.15, -0.1) is 0 Å². The Morgan fingerprint density at radius 3 is 1.09 bits per heavy atom. The number of hydrogen-bond acceptors (Lipinski definition) is 0. The molecule has 6 rings (SSSR count). The zero-order chi connectivity index (χ0) is 31.7. The van der Waals surface area contributed by atoms with E-state index in [0.29, 0.717) is 10.9 Å². The largest absolute Gasteiger partial charge is 0.417 e. The van der Waals surface area contributed by atoms with E-state index in [1.165, 1.54) is 6.07 Å². The van der Waals surface area contributed by atoms with Crippen LogP contribution in [0.3, 0.4) is 0 Å². The summed E-state index contributed by atoms with van der Waals surface area (Å²) in [5.41, 5.74) is 0.832. The van der Waals surface area contributed by atoms with Crippen LogP contribution in [0.5, 0.6) is 0 Å². The fourth-order valence-electron chi connectivity index (χ4n) is 6.05. The third kappa shape index (κ3) is 5.68.